The third-order valence-corrected chi connectivity index (χ3v) is 3.83. The molecule has 4 nitrogen and oxygen atoms in total. The van der Waals surface area contributed by atoms with Crippen molar-refractivity contribution in [3.63, 3.8) is 0 Å². The zero-order valence-corrected chi connectivity index (χ0v) is 11.9. The molecule has 1 heterocycles. The second-order valence-corrected chi connectivity index (χ2v) is 5.69. The number of rotatable bonds is 6. The molecule has 18 heavy (non-hydrogen) atoms. The van der Waals surface area contributed by atoms with E-state index in [4.69, 9.17) is 5.11 Å². The van der Waals surface area contributed by atoms with Crippen LogP contribution in [0.4, 0.5) is 0 Å². The van der Waals surface area contributed by atoms with E-state index in [-0.39, 0.29) is 5.91 Å². The SMILES string of the molecule is CSCCN(C)C(=O)c1ccc(/C=C/C(=O)O)s1. The number of carbonyl (C=O) groups is 2. The molecular weight excluding hydrogens is 270 g/mol. The van der Waals surface area contributed by atoms with Crippen molar-refractivity contribution in [1.82, 2.24) is 4.90 Å². The van der Waals surface area contributed by atoms with Gasteiger partial charge < -0.3 is 10.0 Å². The molecule has 1 rings (SSSR count). The number of carbonyl (C=O) groups excluding carboxylic acids is 1. The van der Waals surface area contributed by atoms with Gasteiger partial charge in [0.2, 0.25) is 0 Å². The summed E-state index contributed by atoms with van der Waals surface area (Å²) in [5, 5.41) is 8.52. The minimum atomic E-state index is -0.992. The van der Waals surface area contributed by atoms with Gasteiger partial charge in [-0.2, -0.15) is 11.8 Å². The molecule has 1 aromatic heterocycles. The Labute approximate surface area is 114 Å². The van der Waals surface area contributed by atoms with Gasteiger partial charge in [-0.25, -0.2) is 4.79 Å². The average molecular weight is 285 g/mol. The van der Waals surface area contributed by atoms with Gasteiger partial charge in [0.05, 0.1) is 4.88 Å². The Kier molecular flexibility index (Phi) is 5.94. The minimum Gasteiger partial charge on any atom is -0.478 e. The summed E-state index contributed by atoms with van der Waals surface area (Å²) < 4.78 is 0. The highest BCUT2D eigenvalue weighted by Gasteiger charge is 2.13. The molecule has 0 saturated heterocycles. The molecule has 1 aromatic rings. The number of hydrogen-bond acceptors (Lipinski definition) is 4. The first-order valence-corrected chi connectivity index (χ1v) is 7.51. The molecule has 0 unspecified atom stereocenters. The summed E-state index contributed by atoms with van der Waals surface area (Å²) >= 11 is 2.99. The van der Waals surface area contributed by atoms with Gasteiger partial charge in [-0.1, -0.05) is 0 Å². The third-order valence-electron chi connectivity index (χ3n) is 2.21. The molecule has 0 bridgehead atoms. The predicted octanol–water partition coefficient (Wildman–Crippen LogP) is 2.28. The molecule has 6 heteroatoms. The van der Waals surface area contributed by atoms with Crippen molar-refractivity contribution >= 4 is 41.1 Å². The predicted molar refractivity (Wildman–Crippen MR) is 76.3 cm³/mol. The highest BCUT2D eigenvalue weighted by molar-refractivity contribution is 7.98. The first kappa shape index (κ1) is 14.8. The first-order chi connectivity index (χ1) is 8.54. The van der Waals surface area contributed by atoms with Crippen LogP contribution in [0.25, 0.3) is 6.08 Å². The van der Waals surface area contributed by atoms with Crippen molar-refractivity contribution in [1.29, 1.82) is 0 Å². The smallest absolute Gasteiger partial charge is 0.328 e. The van der Waals surface area contributed by atoms with Crippen LogP contribution >= 0.6 is 23.1 Å². The Morgan fingerprint density at radius 2 is 2.22 bits per heavy atom. The van der Waals surface area contributed by atoms with E-state index in [2.05, 4.69) is 0 Å². The van der Waals surface area contributed by atoms with Crippen LogP contribution < -0.4 is 0 Å². The number of amides is 1. The van der Waals surface area contributed by atoms with E-state index in [9.17, 15) is 9.59 Å². The highest BCUT2D eigenvalue weighted by Crippen LogP contribution is 2.19. The summed E-state index contributed by atoms with van der Waals surface area (Å²) in [6.45, 7) is 0.707. The number of thiophene rings is 1. The first-order valence-electron chi connectivity index (χ1n) is 5.30. The number of carboxylic acid groups (broad SMARTS) is 1. The minimum absolute atomic E-state index is 0.0241. The normalized spacial score (nSPS) is 10.8. The Morgan fingerprint density at radius 3 is 2.83 bits per heavy atom. The number of thioether (sulfide) groups is 1. The van der Waals surface area contributed by atoms with Crippen molar-refractivity contribution in [2.45, 2.75) is 0 Å². The van der Waals surface area contributed by atoms with E-state index in [0.717, 1.165) is 16.7 Å². The van der Waals surface area contributed by atoms with Crippen LogP contribution in [0.2, 0.25) is 0 Å². The summed E-state index contributed by atoms with van der Waals surface area (Å²) in [6, 6.07) is 3.48. The number of nitrogens with zero attached hydrogens (tertiary/aromatic N) is 1. The molecule has 0 aromatic carbocycles. The lowest BCUT2D eigenvalue weighted by molar-refractivity contribution is -0.131. The lowest BCUT2D eigenvalue weighted by Crippen LogP contribution is -2.28. The topological polar surface area (TPSA) is 57.6 Å². The second-order valence-electron chi connectivity index (χ2n) is 3.59. The van der Waals surface area contributed by atoms with E-state index in [0.29, 0.717) is 11.4 Å². The quantitative estimate of drug-likeness (QED) is 0.815. The summed E-state index contributed by atoms with van der Waals surface area (Å²) in [7, 11) is 1.77. The van der Waals surface area contributed by atoms with Crippen LogP contribution in [0, 0.1) is 0 Å². The van der Waals surface area contributed by atoms with Gasteiger partial charge in [0.15, 0.2) is 0 Å². The summed E-state index contributed by atoms with van der Waals surface area (Å²) in [5.41, 5.74) is 0. The molecular formula is C12H15NO3S2. The van der Waals surface area contributed by atoms with Crippen LogP contribution in [0.3, 0.4) is 0 Å². The molecule has 98 valence electrons. The molecule has 0 radical (unpaired) electrons. The fourth-order valence-electron chi connectivity index (χ4n) is 1.23. The summed E-state index contributed by atoms with van der Waals surface area (Å²) in [5.74, 6) is -0.114. The molecule has 1 N–H and O–H groups in total. The van der Waals surface area contributed by atoms with Gasteiger partial charge in [-0.3, -0.25) is 4.79 Å². The largest absolute Gasteiger partial charge is 0.478 e. The van der Waals surface area contributed by atoms with E-state index in [1.54, 1.807) is 35.8 Å². The highest BCUT2D eigenvalue weighted by atomic mass is 32.2. The second kappa shape index (κ2) is 7.23. The Bertz CT molecular complexity index is 454. The third kappa shape index (κ3) is 4.54. The van der Waals surface area contributed by atoms with Gasteiger partial charge in [0.1, 0.15) is 0 Å². The van der Waals surface area contributed by atoms with Gasteiger partial charge in [0, 0.05) is 30.3 Å². The maximum absolute atomic E-state index is 12.0. The van der Waals surface area contributed by atoms with Crippen molar-refractivity contribution in [2.75, 3.05) is 25.6 Å². The summed E-state index contributed by atoms with van der Waals surface area (Å²) in [4.78, 5) is 25.4. The standard InChI is InChI=1S/C12H15NO3S2/c1-13(7-8-17-2)12(16)10-5-3-9(18-10)4-6-11(14)15/h3-6H,7-8H2,1-2H3,(H,14,15)/b6-4+. The lowest BCUT2D eigenvalue weighted by atomic mass is 10.3. The number of carboxylic acids is 1. The zero-order valence-electron chi connectivity index (χ0n) is 10.3. The van der Waals surface area contributed by atoms with Crippen LogP contribution in [0.5, 0.6) is 0 Å². The Balaban J connectivity index is 2.67. The molecule has 1 amide bonds. The van der Waals surface area contributed by atoms with Crippen molar-refractivity contribution in [3.8, 4) is 0 Å². The maximum atomic E-state index is 12.0. The van der Waals surface area contributed by atoms with Gasteiger partial charge >= 0.3 is 5.97 Å². The van der Waals surface area contributed by atoms with Gasteiger partial charge in [0.25, 0.3) is 5.91 Å². The molecule has 0 spiro atoms. The molecule has 0 aliphatic rings. The van der Waals surface area contributed by atoms with Crippen LogP contribution in [0.1, 0.15) is 14.5 Å². The van der Waals surface area contributed by atoms with Crippen molar-refractivity contribution in [2.24, 2.45) is 0 Å². The van der Waals surface area contributed by atoms with Crippen LogP contribution in [-0.2, 0) is 4.79 Å². The fraction of sp³-hybridized carbons (Fsp3) is 0.333. The Morgan fingerprint density at radius 1 is 1.50 bits per heavy atom. The lowest BCUT2D eigenvalue weighted by Gasteiger charge is -2.14. The monoisotopic (exact) mass is 285 g/mol. The average Bonchev–Trinajstić information content (AvgIpc) is 2.81. The molecule has 0 saturated carbocycles. The maximum Gasteiger partial charge on any atom is 0.328 e. The van der Waals surface area contributed by atoms with Gasteiger partial charge in [-0.05, 0) is 24.5 Å². The number of aliphatic carboxylic acids is 1. The molecule has 0 atom stereocenters. The van der Waals surface area contributed by atoms with Gasteiger partial charge in [-0.15, -0.1) is 11.3 Å². The fourth-order valence-corrected chi connectivity index (χ4v) is 2.59. The van der Waals surface area contributed by atoms with Crippen LogP contribution in [0.15, 0.2) is 18.2 Å². The van der Waals surface area contributed by atoms with Crippen molar-refractivity contribution in [3.05, 3.63) is 28.0 Å². The molecule has 0 fully saturated rings. The van der Waals surface area contributed by atoms with E-state index in [1.165, 1.54) is 17.4 Å². The van der Waals surface area contributed by atoms with E-state index >= 15 is 0 Å². The summed E-state index contributed by atoms with van der Waals surface area (Å²) in [6.07, 6.45) is 4.56. The molecule has 0 aliphatic heterocycles. The van der Waals surface area contributed by atoms with E-state index in [1.807, 2.05) is 6.26 Å². The Hall–Kier alpha value is -1.27. The van der Waals surface area contributed by atoms with Crippen LogP contribution in [-0.4, -0.2) is 47.5 Å². The zero-order chi connectivity index (χ0) is 13.5. The van der Waals surface area contributed by atoms with Crippen molar-refractivity contribution < 1.29 is 14.7 Å². The molecule has 0 aliphatic carbocycles. The number of hydrogen-bond donors (Lipinski definition) is 1. The van der Waals surface area contributed by atoms with E-state index < -0.39 is 5.97 Å².